The van der Waals surface area contributed by atoms with E-state index in [1.165, 1.54) is 29.2 Å². The summed E-state index contributed by atoms with van der Waals surface area (Å²) >= 11 is 0. The number of amides is 1. The summed E-state index contributed by atoms with van der Waals surface area (Å²) < 4.78 is 13.4. The maximum atomic E-state index is 13.4. The molecule has 1 heterocycles. The number of aliphatic hydroxyl groups excluding tert-OH is 1. The number of aliphatic carboxylic acids is 1. The molecule has 1 atom stereocenters. The van der Waals surface area contributed by atoms with Gasteiger partial charge in [-0.3, -0.25) is 14.4 Å². The molecule has 3 rings (SSSR count). The van der Waals surface area contributed by atoms with Crippen LogP contribution in [-0.4, -0.2) is 39.3 Å². The Bertz CT molecular complexity index is 937. The van der Waals surface area contributed by atoms with Gasteiger partial charge in [0.05, 0.1) is 11.6 Å². The standard InChI is InChI=1S/C21H18FNO5/c22-15-10-8-13(9-11-15)18-17(19(26)14-5-2-1-3-6-14)20(27)21(28)23(18)12-4-7-16(24)25/h1-3,5-6,8-11,18,26H,4,7,12H2,(H,24,25). The number of aliphatic hydroxyl groups is 1. The van der Waals surface area contributed by atoms with Crippen molar-refractivity contribution in [1.82, 2.24) is 4.90 Å². The van der Waals surface area contributed by atoms with Crippen molar-refractivity contribution in [2.24, 2.45) is 0 Å². The van der Waals surface area contributed by atoms with Gasteiger partial charge in [-0.1, -0.05) is 42.5 Å². The smallest absolute Gasteiger partial charge is 0.303 e. The predicted molar refractivity (Wildman–Crippen MR) is 98.7 cm³/mol. The highest BCUT2D eigenvalue weighted by Crippen LogP contribution is 2.39. The maximum absolute atomic E-state index is 13.4. The van der Waals surface area contributed by atoms with Crippen LogP contribution in [0, 0.1) is 5.82 Å². The number of hydrogen-bond acceptors (Lipinski definition) is 4. The van der Waals surface area contributed by atoms with Gasteiger partial charge in [0, 0.05) is 18.5 Å². The third kappa shape index (κ3) is 3.78. The minimum absolute atomic E-state index is 0.0183. The summed E-state index contributed by atoms with van der Waals surface area (Å²) in [7, 11) is 0. The fourth-order valence-electron chi connectivity index (χ4n) is 3.25. The molecule has 0 saturated carbocycles. The lowest BCUT2D eigenvalue weighted by Gasteiger charge is -2.25. The van der Waals surface area contributed by atoms with Crippen LogP contribution in [0.25, 0.3) is 5.76 Å². The van der Waals surface area contributed by atoms with Crippen molar-refractivity contribution in [3.05, 3.63) is 77.1 Å². The number of Topliss-reactive ketones (excluding diaryl/α,β-unsaturated/α-hetero) is 1. The lowest BCUT2D eigenvalue weighted by atomic mass is 9.95. The number of carbonyl (C=O) groups is 3. The molecule has 1 saturated heterocycles. The van der Waals surface area contributed by atoms with Gasteiger partial charge in [-0.25, -0.2) is 4.39 Å². The zero-order valence-electron chi connectivity index (χ0n) is 14.8. The molecule has 0 radical (unpaired) electrons. The van der Waals surface area contributed by atoms with E-state index in [-0.39, 0.29) is 30.7 Å². The molecule has 1 aliphatic rings. The fraction of sp³-hybridized carbons (Fsp3) is 0.190. The molecule has 2 aromatic carbocycles. The molecule has 0 bridgehead atoms. The van der Waals surface area contributed by atoms with E-state index >= 15 is 0 Å². The molecule has 6 nitrogen and oxygen atoms in total. The van der Waals surface area contributed by atoms with E-state index in [4.69, 9.17) is 5.11 Å². The Morgan fingerprint density at radius 3 is 2.25 bits per heavy atom. The molecule has 7 heteroatoms. The number of ketones is 1. The van der Waals surface area contributed by atoms with Crippen LogP contribution in [0.3, 0.4) is 0 Å². The molecule has 1 amide bonds. The van der Waals surface area contributed by atoms with Crippen LogP contribution < -0.4 is 0 Å². The van der Waals surface area contributed by atoms with Crippen LogP contribution in [0.15, 0.2) is 60.2 Å². The van der Waals surface area contributed by atoms with Gasteiger partial charge in [-0.15, -0.1) is 0 Å². The first kappa shape index (κ1) is 19.3. The highest BCUT2D eigenvalue weighted by molar-refractivity contribution is 6.46. The third-order valence-corrected chi connectivity index (χ3v) is 4.56. The lowest BCUT2D eigenvalue weighted by Crippen LogP contribution is -2.31. The minimum atomic E-state index is -1.01. The van der Waals surface area contributed by atoms with E-state index in [1.54, 1.807) is 30.3 Å². The van der Waals surface area contributed by atoms with Gasteiger partial charge < -0.3 is 15.1 Å². The highest BCUT2D eigenvalue weighted by Gasteiger charge is 2.45. The van der Waals surface area contributed by atoms with Crippen molar-refractivity contribution in [2.75, 3.05) is 6.54 Å². The Labute approximate surface area is 160 Å². The number of rotatable bonds is 6. The summed E-state index contributed by atoms with van der Waals surface area (Å²) in [5.41, 5.74) is 0.727. The molecule has 0 spiro atoms. The third-order valence-electron chi connectivity index (χ3n) is 4.56. The number of nitrogens with zero attached hydrogens (tertiary/aromatic N) is 1. The molecular formula is C21H18FNO5. The van der Waals surface area contributed by atoms with Gasteiger partial charge in [0.15, 0.2) is 0 Å². The van der Waals surface area contributed by atoms with Gasteiger partial charge >= 0.3 is 5.97 Å². The average molecular weight is 383 g/mol. The van der Waals surface area contributed by atoms with Gasteiger partial charge in [0.1, 0.15) is 11.6 Å². The Balaban J connectivity index is 2.08. The molecule has 2 aromatic rings. The second-order valence-electron chi connectivity index (χ2n) is 6.41. The van der Waals surface area contributed by atoms with E-state index in [1.807, 2.05) is 0 Å². The summed E-state index contributed by atoms with van der Waals surface area (Å²) in [5, 5.41) is 19.6. The second kappa shape index (κ2) is 8.04. The molecule has 0 aliphatic carbocycles. The van der Waals surface area contributed by atoms with Crippen molar-refractivity contribution in [2.45, 2.75) is 18.9 Å². The number of benzene rings is 2. The van der Waals surface area contributed by atoms with Crippen LogP contribution in [0.5, 0.6) is 0 Å². The molecule has 28 heavy (non-hydrogen) atoms. The van der Waals surface area contributed by atoms with E-state index in [9.17, 15) is 23.9 Å². The first-order valence-electron chi connectivity index (χ1n) is 8.71. The SMILES string of the molecule is O=C(O)CCCN1C(=O)C(=O)C(=C(O)c2ccccc2)C1c1ccc(F)cc1. The van der Waals surface area contributed by atoms with Crippen molar-refractivity contribution >= 4 is 23.4 Å². The van der Waals surface area contributed by atoms with E-state index < -0.39 is 29.5 Å². The first-order chi connectivity index (χ1) is 13.4. The Morgan fingerprint density at radius 2 is 1.64 bits per heavy atom. The highest BCUT2D eigenvalue weighted by atomic mass is 19.1. The molecule has 2 N–H and O–H groups in total. The molecule has 1 fully saturated rings. The Hall–Kier alpha value is -3.48. The number of halogens is 1. The van der Waals surface area contributed by atoms with Crippen LogP contribution in [0.4, 0.5) is 4.39 Å². The molecule has 0 aromatic heterocycles. The van der Waals surface area contributed by atoms with E-state index in [0.29, 0.717) is 11.1 Å². The van der Waals surface area contributed by atoms with Gasteiger partial charge in [-0.05, 0) is 24.1 Å². The van der Waals surface area contributed by atoms with Gasteiger partial charge in [-0.2, -0.15) is 0 Å². The van der Waals surface area contributed by atoms with Crippen molar-refractivity contribution < 1.29 is 29.0 Å². The summed E-state index contributed by atoms with van der Waals surface area (Å²) in [4.78, 5) is 37.3. The zero-order chi connectivity index (χ0) is 20.3. The Kier molecular flexibility index (Phi) is 5.54. The summed E-state index contributed by atoms with van der Waals surface area (Å²) in [5.74, 6) is -3.49. The number of likely N-dealkylation sites (tertiary alicyclic amines) is 1. The second-order valence-corrected chi connectivity index (χ2v) is 6.41. The van der Waals surface area contributed by atoms with Crippen LogP contribution in [0.2, 0.25) is 0 Å². The molecule has 1 aliphatic heterocycles. The van der Waals surface area contributed by atoms with Crippen LogP contribution in [0.1, 0.15) is 30.0 Å². The lowest BCUT2D eigenvalue weighted by molar-refractivity contribution is -0.140. The van der Waals surface area contributed by atoms with Gasteiger partial charge in [0.2, 0.25) is 0 Å². The topological polar surface area (TPSA) is 94.9 Å². The fourth-order valence-corrected chi connectivity index (χ4v) is 3.25. The maximum Gasteiger partial charge on any atom is 0.303 e. The number of carbonyl (C=O) groups excluding carboxylic acids is 2. The van der Waals surface area contributed by atoms with Crippen molar-refractivity contribution in [1.29, 1.82) is 0 Å². The summed E-state index contributed by atoms with van der Waals surface area (Å²) in [6.45, 7) is 0.0183. The molecule has 1 unspecified atom stereocenters. The monoisotopic (exact) mass is 383 g/mol. The minimum Gasteiger partial charge on any atom is -0.507 e. The van der Waals surface area contributed by atoms with Crippen molar-refractivity contribution in [3.8, 4) is 0 Å². The predicted octanol–water partition coefficient (Wildman–Crippen LogP) is 3.11. The normalized spacial score (nSPS) is 18.5. The zero-order valence-corrected chi connectivity index (χ0v) is 14.8. The number of hydrogen-bond donors (Lipinski definition) is 2. The Morgan fingerprint density at radius 1 is 1.00 bits per heavy atom. The molecule has 144 valence electrons. The largest absolute Gasteiger partial charge is 0.507 e. The van der Waals surface area contributed by atoms with Crippen LogP contribution in [-0.2, 0) is 14.4 Å². The van der Waals surface area contributed by atoms with E-state index in [2.05, 4.69) is 0 Å². The van der Waals surface area contributed by atoms with Gasteiger partial charge in [0.25, 0.3) is 11.7 Å². The quantitative estimate of drug-likeness (QED) is 0.454. The van der Waals surface area contributed by atoms with Crippen molar-refractivity contribution in [3.63, 3.8) is 0 Å². The van der Waals surface area contributed by atoms with E-state index in [0.717, 1.165) is 0 Å². The summed E-state index contributed by atoms with van der Waals surface area (Å²) in [6, 6.07) is 12.7. The molecular weight excluding hydrogens is 365 g/mol. The average Bonchev–Trinajstić information content (AvgIpc) is 2.93. The number of carboxylic acids is 1. The number of carboxylic acid groups (broad SMARTS) is 1. The summed E-state index contributed by atoms with van der Waals surface area (Å²) in [6.07, 6.45) is -0.0246. The van der Waals surface area contributed by atoms with Crippen LogP contribution >= 0.6 is 0 Å². The first-order valence-corrected chi connectivity index (χ1v) is 8.71.